The Morgan fingerprint density at radius 1 is 1.31 bits per heavy atom. The topological polar surface area (TPSA) is 101 Å². The lowest BCUT2D eigenvalue weighted by atomic mass is 9.96. The van der Waals surface area contributed by atoms with E-state index in [0.29, 0.717) is 16.7 Å². The predicted octanol–water partition coefficient (Wildman–Crippen LogP) is 3.94. The lowest BCUT2D eigenvalue weighted by Gasteiger charge is -2.27. The van der Waals surface area contributed by atoms with Crippen LogP contribution in [0.1, 0.15) is 38.0 Å². The Hall–Kier alpha value is -2.14. The van der Waals surface area contributed by atoms with E-state index in [4.69, 9.17) is 10.2 Å². The van der Waals surface area contributed by atoms with Crippen molar-refractivity contribution in [2.45, 2.75) is 49.9 Å². The molecule has 0 radical (unpaired) electrons. The van der Waals surface area contributed by atoms with E-state index in [-0.39, 0.29) is 29.7 Å². The fourth-order valence-corrected chi connectivity index (χ4v) is 4.31. The number of rotatable bonds is 0. The van der Waals surface area contributed by atoms with Gasteiger partial charge in [0.15, 0.2) is 5.69 Å². The van der Waals surface area contributed by atoms with E-state index in [9.17, 15) is 18.3 Å². The van der Waals surface area contributed by atoms with Gasteiger partial charge in [0.05, 0.1) is 10.2 Å². The Bertz CT molecular complexity index is 948. The van der Waals surface area contributed by atoms with E-state index in [0.717, 1.165) is 19.4 Å². The normalized spacial score (nSPS) is 25.0. The summed E-state index contributed by atoms with van der Waals surface area (Å²) in [6.07, 6.45) is 0.474. The predicted molar refractivity (Wildman–Crippen MR) is 103 cm³/mol. The second kappa shape index (κ2) is 7.28. The van der Waals surface area contributed by atoms with Gasteiger partial charge >= 0.3 is 6.18 Å². The molecule has 2 atom stereocenters. The van der Waals surface area contributed by atoms with Gasteiger partial charge in [-0.2, -0.15) is 13.2 Å². The zero-order valence-corrected chi connectivity index (χ0v) is 16.9. The van der Waals surface area contributed by atoms with Gasteiger partial charge in [0.2, 0.25) is 5.60 Å². The largest absolute Gasteiger partial charge is 0.426 e. The summed E-state index contributed by atoms with van der Waals surface area (Å²) in [6.45, 7) is 0.802. The van der Waals surface area contributed by atoms with Crippen molar-refractivity contribution in [1.29, 1.82) is 0 Å². The van der Waals surface area contributed by atoms with E-state index >= 15 is 0 Å². The zero-order valence-electron chi connectivity index (χ0n) is 15.3. The quantitative estimate of drug-likeness (QED) is 0.558. The Balaban J connectivity index is 1.87. The van der Waals surface area contributed by atoms with Crippen LogP contribution in [0.2, 0.25) is 0 Å². The molecule has 4 rings (SSSR count). The van der Waals surface area contributed by atoms with Crippen LogP contribution in [0, 0.1) is 0 Å². The minimum atomic E-state index is -4.98. The molecule has 156 valence electrons. The van der Waals surface area contributed by atoms with Crippen molar-refractivity contribution in [2.75, 3.05) is 17.2 Å². The van der Waals surface area contributed by atoms with Gasteiger partial charge in [0, 0.05) is 12.6 Å². The monoisotopic (exact) mass is 473 g/mol. The van der Waals surface area contributed by atoms with Gasteiger partial charge < -0.3 is 20.2 Å². The highest BCUT2D eigenvalue weighted by molar-refractivity contribution is 9.10. The molecule has 1 fully saturated rings. The van der Waals surface area contributed by atoms with Crippen LogP contribution in [-0.4, -0.2) is 39.1 Å². The van der Waals surface area contributed by atoms with Gasteiger partial charge in [0.1, 0.15) is 5.82 Å². The van der Waals surface area contributed by atoms with Crippen LogP contribution in [0.3, 0.4) is 0 Å². The molecule has 0 saturated carbocycles. The summed E-state index contributed by atoms with van der Waals surface area (Å²) in [5.41, 5.74) is 3.04. The molecule has 0 aromatic carbocycles. The summed E-state index contributed by atoms with van der Waals surface area (Å²) < 4.78 is 46.8. The highest BCUT2D eigenvalue weighted by atomic mass is 79.9. The van der Waals surface area contributed by atoms with Crippen molar-refractivity contribution in [3.05, 3.63) is 28.6 Å². The van der Waals surface area contributed by atoms with E-state index in [1.165, 1.54) is 0 Å². The standard InChI is InChI=1S/C18H19BrF3N5O2/c19-11-9-12(23)13-15-25-26-16(29-15)17(28,18(20,21)22)7-3-1-2-5-10-6-4-8-27(10)14(11)24-13/h1-2,9-10,28H,3-8,23H2/t10-,17?/m1/s1. The number of aliphatic hydroxyl groups is 1. The number of anilines is 2. The number of fused-ring (bicyclic) bond motifs is 7. The Morgan fingerprint density at radius 2 is 2.10 bits per heavy atom. The Kier molecular flexibility index (Phi) is 5.06. The molecule has 2 aliphatic heterocycles. The molecule has 2 aliphatic rings. The SMILES string of the molecule is Nc1cc(Br)c2nc1-c1nnc(o1)C(O)(C(F)(F)F)CCC=CC[C@@H]1CCCN21. The maximum atomic E-state index is 13.6. The third-order valence-electron chi connectivity index (χ3n) is 5.33. The van der Waals surface area contributed by atoms with Crippen molar-refractivity contribution in [1.82, 2.24) is 15.2 Å². The molecule has 1 unspecified atom stereocenters. The van der Waals surface area contributed by atoms with Crippen LogP contribution in [0.25, 0.3) is 11.6 Å². The van der Waals surface area contributed by atoms with Crippen LogP contribution in [-0.2, 0) is 5.60 Å². The highest BCUT2D eigenvalue weighted by Crippen LogP contribution is 2.43. The molecule has 11 heteroatoms. The molecule has 1 saturated heterocycles. The van der Waals surface area contributed by atoms with Crippen molar-refractivity contribution in [2.24, 2.45) is 0 Å². The first-order chi connectivity index (χ1) is 13.7. The molecule has 4 bridgehead atoms. The third kappa shape index (κ3) is 3.50. The van der Waals surface area contributed by atoms with Gasteiger partial charge in [-0.1, -0.05) is 12.2 Å². The first-order valence-electron chi connectivity index (χ1n) is 9.22. The number of aromatic nitrogens is 3. The number of nitrogens with two attached hydrogens (primary N) is 1. The molecule has 2 aromatic rings. The smallest absolute Gasteiger partial charge is 0.416 e. The van der Waals surface area contributed by atoms with Crippen molar-refractivity contribution >= 4 is 27.4 Å². The maximum Gasteiger partial charge on any atom is 0.426 e. The molecular formula is C18H19BrF3N5O2. The Labute approximate surface area is 172 Å². The summed E-state index contributed by atoms with van der Waals surface area (Å²) in [4.78, 5) is 6.67. The van der Waals surface area contributed by atoms with Gasteiger partial charge in [-0.15, -0.1) is 10.2 Å². The molecular weight excluding hydrogens is 455 g/mol. The molecule has 3 N–H and O–H groups in total. The number of nitrogens with zero attached hydrogens (tertiary/aromatic N) is 4. The number of allylic oxidation sites excluding steroid dienone is 1. The summed E-state index contributed by atoms with van der Waals surface area (Å²) in [7, 11) is 0. The van der Waals surface area contributed by atoms with Crippen LogP contribution in [0.5, 0.6) is 0 Å². The zero-order chi connectivity index (χ0) is 20.8. The van der Waals surface area contributed by atoms with E-state index in [2.05, 4.69) is 36.0 Å². The summed E-state index contributed by atoms with van der Waals surface area (Å²) >= 11 is 3.48. The molecule has 29 heavy (non-hydrogen) atoms. The van der Waals surface area contributed by atoms with Crippen LogP contribution in [0.15, 0.2) is 27.1 Å². The number of hydrogen-bond donors (Lipinski definition) is 2. The third-order valence-corrected chi connectivity index (χ3v) is 5.92. The van der Waals surface area contributed by atoms with Crippen LogP contribution < -0.4 is 10.6 Å². The second-order valence-corrected chi connectivity index (χ2v) is 8.09. The van der Waals surface area contributed by atoms with Gasteiger partial charge in [-0.25, -0.2) is 4.98 Å². The average Bonchev–Trinajstić information content (AvgIpc) is 3.30. The number of halogens is 4. The van der Waals surface area contributed by atoms with Gasteiger partial charge in [-0.3, -0.25) is 0 Å². The van der Waals surface area contributed by atoms with Gasteiger partial charge in [0.25, 0.3) is 11.8 Å². The number of nitrogen functional groups attached to an aromatic ring is 1. The van der Waals surface area contributed by atoms with Crippen LogP contribution >= 0.6 is 15.9 Å². The minimum Gasteiger partial charge on any atom is -0.416 e. The molecule has 2 aromatic heterocycles. The second-order valence-electron chi connectivity index (χ2n) is 7.24. The summed E-state index contributed by atoms with van der Waals surface area (Å²) in [5, 5.41) is 17.6. The summed E-state index contributed by atoms with van der Waals surface area (Å²) in [6, 6.07) is 1.78. The van der Waals surface area contributed by atoms with Crippen LogP contribution in [0.4, 0.5) is 24.7 Å². The maximum absolute atomic E-state index is 13.6. The first kappa shape index (κ1) is 20.1. The number of alkyl halides is 3. The lowest BCUT2D eigenvalue weighted by molar-refractivity contribution is -0.276. The summed E-state index contributed by atoms with van der Waals surface area (Å²) in [5.74, 6) is -0.569. The van der Waals surface area contributed by atoms with Crippen molar-refractivity contribution in [3.63, 3.8) is 0 Å². The molecule has 0 amide bonds. The van der Waals surface area contributed by atoms with Crippen molar-refractivity contribution < 1.29 is 22.7 Å². The fourth-order valence-electron chi connectivity index (χ4n) is 3.74. The highest BCUT2D eigenvalue weighted by Gasteiger charge is 2.58. The lowest BCUT2D eigenvalue weighted by Crippen LogP contribution is -2.42. The molecule has 0 aliphatic carbocycles. The van der Waals surface area contributed by atoms with Gasteiger partial charge in [-0.05, 0) is 54.1 Å². The van der Waals surface area contributed by atoms with E-state index in [1.54, 1.807) is 12.1 Å². The molecule has 0 spiro atoms. The molecule has 7 nitrogen and oxygen atoms in total. The fraction of sp³-hybridized carbons (Fsp3) is 0.500. The van der Waals surface area contributed by atoms with E-state index < -0.39 is 24.1 Å². The minimum absolute atomic E-state index is 0.00974. The molecule has 4 heterocycles. The first-order valence-corrected chi connectivity index (χ1v) is 10.0. The van der Waals surface area contributed by atoms with E-state index in [1.807, 2.05) is 6.08 Å². The number of hydrogen-bond acceptors (Lipinski definition) is 7. The average molecular weight is 474 g/mol. The van der Waals surface area contributed by atoms with Crippen molar-refractivity contribution in [3.8, 4) is 11.6 Å². The number of pyridine rings is 1. The Morgan fingerprint density at radius 3 is 2.86 bits per heavy atom.